The Morgan fingerprint density at radius 1 is 1.23 bits per heavy atom. The predicted octanol–water partition coefficient (Wildman–Crippen LogP) is 2.87. The maximum Gasteiger partial charge on any atom is 0.333 e. The molecule has 0 unspecified atom stereocenters. The van der Waals surface area contributed by atoms with Crippen LogP contribution in [-0.4, -0.2) is 9.97 Å². The molecule has 0 aliphatic carbocycles. The monoisotopic (exact) mass is 423 g/mol. The third-order valence-electron chi connectivity index (χ3n) is 3.11. The zero-order valence-electron chi connectivity index (χ0n) is 11.4. The van der Waals surface area contributed by atoms with Crippen molar-refractivity contribution >= 4 is 54.4 Å². The Kier molecular flexibility index (Phi) is 4.51. The highest BCUT2D eigenvalue weighted by Gasteiger charge is 2.11. The molecule has 6 nitrogen and oxygen atoms in total. The molecule has 0 aliphatic heterocycles. The van der Waals surface area contributed by atoms with Gasteiger partial charge in [-0.05, 0) is 55.6 Å². The Balaban J connectivity index is 1.83. The van der Waals surface area contributed by atoms with Gasteiger partial charge in [0, 0.05) is 22.6 Å². The summed E-state index contributed by atoms with van der Waals surface area (Å²) < 4.78 is 1.66. The lowest BCUT2D eigenvalue weighted by Crippen LogP contribution is -2.21. The third kappa shape index (κ3) is 3.34. The van der Waals surface area contributed by atoms with E-state index in [2.05, 4.69) is 63.6 Å². The van der Waals surface area contributed by atoms with Gasteiger partial charge in [-0.15, -0.1) is 0 Å². The van der Waals surface area contributed by atoms with E-state index < -0.39 is 0 Å². The summed E-state index contributed by atoms with van der Waals surface area (Å²) in [5, 5.41) is 4.34. The van der Waals surface area contributed by atoms with E-state index in [1.54, 1.807) is 12.4 Å². The maximum absolute atomic E-state index is 5.47. The molecule has 112 valence electrons. The standard InChI is InChI=1S/C14H12Br2N6/c15-10-4-9-3-8(1-2-11(9)18-6-10)5-19-13-14(22-17)20-7-12(16)21-13/h1-4,6-7H,5,17H2,(H,19,21)(H,20,22)/p+1. The molecule has 0 saturated heterocycles. The van der Waals surface area contributed by atoms with Crippen LogP contribution in [0.25, 0.3) is 10.9 Å². The molecule has 0 fully saturated rings. The lowest BCUT2D eigenvalue weighted by Gasteiger charge is -2.07. The van der Waals surface area contributed by atoms with Crippen LogP contribution in [0.15, 0.2) is 45.7 Å². The quantitative estimate of drug-likeness (QED) is 0.442. The molecule has 1 aromatic carbocycles. The molecular weight excluding hydrogens is 412 g/mol. The smallest absolute Gasteiger partial charge is 0.333 e. The van der Waals surface area contributed by atoms with E-state index in [-0.39, 0.29) is 0 Å². The summed E-state index contributed by atoms with van der Waals surface area (Å²) in [7, 11) is 0. The highest BCUT2D eigenvalue weighted by Crippen LogP contribution is 2.20. The summed E-state index contributed by atoms with van der Waals surface area (Å²) in [5.41, 5.74) is 4.66. The Morgan fingerprint density at radius 2 is 2.09 bits per heavy atom. The Bertz CT molecular complexity index is 824. The highest BCUT2D eigenvalue weighted by atomic mass is 79.9. The lowest BCUT2D eigenvalue weighted by atomic mass is 10.1. The fourth-order valence-electron chi connectivity index (χ4n) is 2.08. The number of nitrogens with one attached hydrogen (secondary N) is 3. The van der Waals surface area contributed by atoms with Gasteiger partial charge in [0.15, 0.2) is 0 Å². The van der Waals surface area contributed by atoms with Crippen molar-refractivity contribution in [2.45, 2.75) is 6.54 Å². The van der Waals surface area contributed by atoms with Crippen LogP contribution in [0.3, 0.4) is 0 Å². The zero-order valence-corrected chi connectivity index (χ0v) is 14.6. The molecule has 0 atom stereocenters. The lowest BCUT2D eigenvalue weighted by molar-refractivity contribution is -0.362. The average molecular weight is 425 g/mol. The number of rotatable bonds is 4. The number of nitrogen functional groups attached to an aromatic ring is 1. The first-order valence-corrected chi connectivity index (χ1v) is 8.07. The molecule has 0 amide bonds. The summed E-state index contributed by atoms with van der Waals surface area (Å²) in [5.74, 6) is 6.73. The number of hydrogen-bond donors (Lipinski definition) is 3. The van der Waals surface area contributed by atoms with Crippen molar-refractivity contribution in [3.05, 3.63) is 51.3 Å². The zero-order chi connectivity index (χ0) is 15.5. The molecule has 0 radical (unpaired) electrons. The van der Waals surface area contributed by atoms with Crippen LogP contribution in [-0.2, 0) is 6.54 Å². The third-order valence-corrected chi connectivity index (χ3v) is 3.95. The van der Waals surface area contributed by atoms with E-state index in [1.807, 2.05) is 18.2 Å². The van der Waals surface area contributed by atoms with Gasteiger partial charge in [0.05, 0.1) is 5.52 Å². The number of benzene rings is 1. The number of hydrazine groups is 1. The molecule has 0 bridgehead atoms. The number of H-pyrrole nitrogens is 1. The minimum absolute atomic E-state index is 0.619. The van der Waals surface area contributed by atoms with Gasteiger partial charge in [0.25, 0.3) is 0 Å². The number of fused-ring (bicyclic) bond motifs is 1. The number of aromatic amines is 1. The molecule has 8 heteroatoms. The van der Waals surface area contributed by atoms with E-state index in [9.17, 15) is 0 Å². The van der Waals surface area contributed by atoms with Gasteiger partial charge < -0.3 is 5.32 Å². The van der Waals surface area contributed by atoms with Gasteiger partial charge in [0.2, 0.25) is 5.82 Å². The maximum atomic E-state index is 5.47. The summed E-state index contributed by atoms with van der Waals surface area (Å²) in [6, 6.07) is 8.18. The van der Waals surface area contributed by atoms with Gasteiger partial charge in [-0.25, -0.2) is 9.97 Å². The Morgan fingerprint density at radius 3 is 2.91 bits per heavy atom. The van der Waals surface area contributed by atoms with Gasteiger partial charge in [-0.3, -0.25) is 4.98 Å². The topological polar surface area (TPSA) is 90.0 Å². The van der Waals surface area contributed by atoms with Gasteiger partial charge in [-0.2, -0.15) is 11.3 Å². The van der Waals surface area contributed by atoms with Crippen molar-refractivity contribution in [2.75, 3.05) is 10.7 Å². The van der Waals surface area contributed by atoms with Crippen molar-refractivity contribution in [1.29, 1.82) is 0 Å². The van der Waals surface area contributed by atoms with Crippen LogP contribution in [0.5, 0.6) is 0 Å². The molecule has 2 heterocycles. The fourth-order valence-corrected chi connectivity index (χ4v) is 2.72. The molecule has 0 aliphatic rings. The molecular formula is C14H13Br2N6+. The van der Waals surface area contributed by atoms with Crippen LogP contribution < -0.4 is 21.6 Å². The minimum atomic E-state index is 0.619. The van der Waals surface area contributed by atoms with Crippen LogP contribution in [0, 0.1) is 0 Å². The van der Waals surface area contributed by atoms with E-state index >= 15 is 0 Å². The van der Waals surface area contributed by atoms with Crippen molar-refractivity contribution in [3.63, 3.8) is 0 Å². The number of nitrogens with two attached hydrogens (primary N) is 1. The second-order valence-corrected chi connectivity index (χ2v) is 6.35. The second kappa shape index (κ2) is 6.55. The number of pyridine rings is 1. The van der Waals surface area contributed by atoms with E-state index in [0.29, 0.717) is 22.8 Å². The van der Waals surface area contributed by atoms with Crippen molar-refractivity contribution in [2.24, 2.45) is 5.84 Å². The molecule has 0 spiro atoms. The Labute approximate surface area is 143 Å². The van der Waals surface area contributed by atoms with E-state index in [0.717, 1.165) is 20.9 Å². The fraction of sp³-hybridized carbons (Fsp3) is 0.0714. The summed E-state index contributed by atoms with van der Waals surface area (Å²) in [6.07, 6.45) is 3.50. The SMILES string of the molecule is NNc1[nH+]cc(Br)nc1NCc1ccc2ncc(Br)cc2c1. The Hall–Kier alpha value is -1.77. The normalized spacial score (nSPS) is 10.7. The number of aromatic nitrogens is 3. The molecule has 22 heavy (non-hydrogen) atoms. The molecule has 3 aromatic rings. The first-order valence-electron chi connectivity index (χ1n) is 6.48. The van der Waals surface area contributed by atoms with Crippen LogP contribution in [0.1, 0.15) is 5.56 Å². The number of halogens is 2. The second-order valence-electron chi connectivity index (χ2n) is 4.63. The first kappa shape index (κ1) is 15.1. The number of hydrogen-bond acceptors (Lipinski definition) is 5. The van der Waals surface area contributed by atoms with Gasteiger partial charge >= 0.3 is 5.82 Å². The largest absolute Gasteiger partial charge is 0.359 e. The predicted molar refractivity (Wildman–Crippen MR) is 93.1 cm³/mol. The van der Waals surface area contributed by atoms with E-state index in [4.69, 9.17) is 5.84 Å². The van der Waals surface area contributed by atoms with Crippen molar-refractivity contribution in [1.82, 2.24) is 9.97 Å². The van der Waals surface area contributed by atoms with Crippen molar-refractivity contribution in [3.8, 4) is 0 Å². The summed E-state index contributed by atoms with van der Waals surface area (Å²) >= 11 is 6.77. The molecule has 0 saturated carbocycles. The van der Waals surface area contributed by atoms with Gasteiger partial charge in [0.1, 0.15) is 10.8 Å². The molecule has 3 rings (SSSR count). The number of anilines is 2. The summed E-state index contributed by atoms with van der Waals surface area (Å²) in [4.78, 5) is 11.7. The van der Waals surface area contributed by atoms with Crippen molar-refractivity contribution < 1.29 is 4.98 Å². The minimum Gasteiger partial charge on any atom is -0.359 e. The molecule has 5 N–H and O–H groups in total. The summed E-state index contributed by atoms with van der Waals surface area (Å²) in [6.45, 7) is 0.619. The van der Waals surface area contributed by atoms with Crippen LogP contribution in [0.2, 0.25) is 0 Å². The first-order chi connectivity index (χ1) is 10.7. The molecule has 2 aromatic heterocycles. The number of nitrogens with zero attached hydrogens (tertiary/aromatic N) is 2. The van der Waals surface area contributed by atoms with E-state index in [1.165, 1.54) is 0 Å². The highest BCUT2D eigenvalue weighted by molar-refractivity contribution is 9.10. The average Bonchev–Trinajstić information content (AvgIpc) is 2.52. The van der Waals surface area contributed by atoms with Crippen LogP contribution >= 0.6 is 31.9 Å². The van der Waals surface area contributed by atoms with Crippen LogP contribution in [0.4, 0.5) is 11.6 Å². The van der Waals surface area contributed by atoms with Gasteiger partial charge in [-0.1, -0.05) is 6.07 Å².